The largest absolute Gasteiger partial charge is 0.472 e. The monoisotopic (exact) mass is 471 g/mol. The van der Waals surface area contributed by atoms with Gasteiger partial charge in [0.15, 0.2) is 0 Å². The second kappa shape index (κ2) is 8.33. The molecule has 5 nitrogen and oxygen atoms in total. The first-order valence-corrected chi connectivity index (χ1v) is 14.1. The zero-order chi connectivity index (χ0) is 23.6. The van der Waals surface area contributed by atoms with Gasteiger partial charge in [0.1, 0.15) is 0 Å². The maximum Gasteiger partial charge on any atom is 0.0937 e. The van der Waals surface area contributed by atoms with E-state index in [9.17, 15) is 10.2 Å². The van der Waals surface area contributed by atoms with Crippen molar-refractivity contribution < 1.29 is 19.4 Å². The van der Waals surface area contributed by atoms with Gasteiger partial charge < -0.3 is 24.3 Å². The van der Waals surface area contributed by atoms with Crippen molar-refractivity contribution in [2.24, 2.45) is 22.7 Å². The van der Waals surface area contributed by atoms with E-state index in [4.69, 9.17) is 9.15 Å². The van der Waals surface area contributed by atoms with Gasteiger partial charge in [-0.1, -0.05) is 13.8 Å². The Kier molecular flexibility index (Phi) is 5.76. The summed E-state index contributed by atoms with van der Waals surface area (Å²) in [5, 5.41) is 24.4. The van der Waals surface area contributed by atoms with E-state index in [0.717, 1.165) is 70.9 Å². The van der Waals surface area contributed by atoms with E-state index in [2.05, 4.69) is 24.8 Å². The van der Waals surface area contributed by atoms with Crippen LogP contribution in [0.3, 0.4) is 0 Å². The predicted molar refractivity (Wildman–Crippen MR) is 132 cm³/mol. The van der Waals surface area contributed by atoms with Gasteiger partial charge in [0.2, 0.25) is 0 Å². The molecule has 5 heteroatoms. The summed E-state index contributed by atoms with van der Waals surface area (Å²) in [6.07, 6.45) is 15.1. The molecule has 8 atom stereocenters. The molecule has 2 N–H and O–H groups in total. The zero-order valence-corrected chi connectivity index (χ0v) is 21.3. The molecule has 0 amide bonds. The van der Waals surface area contributed by atoms with Crippen LogP contribution < -0.4 is 0 Å². The van der Waals surface area contributed by atoms with Gasteiger partial charge in [-0.05, 0) is 112 Å². The molecule has 4 saturated carbocycles. The summed E-state index contributed by atoms with van der Waals surface area (Å²) >= 11 is 0. The van der Waals surface area contributed by atoms with E-state index in [1.165, 1.54) is 31.5 Å². The number of furan rings is 1. The van der Waals surface area contributed by atoms with Gasteiger partial charge in [-0.3, -0.25) is 0 Å². The lowest BCUT2D eigenvalue weighted by Gasteiger charge is -2.66. The number of ether oxygens (including phenoxy) is 1. The van der Waals surface area contributed by atoms with E-state index in [1.807, 2.05) is 6.26 Å². The van der Waals surface area contributed by atoms with Crippen molar-refractivity contribution in [1.29, 1.82) is 0 Å². The summed E-state index contributed by atoms with van der Waals surface area (Å²) < 4.78 is 11.8. The van der Waals surface area contributed by atoms with Crippen LogP contribution in [0.4, 0.5) is 0 Å². The first kappa shape index (κ1) is 23.5. The lowest BCUT2D eigenvalue weighted by molar-refractivity contribution is -0.256. The van der Waals surface area contributed by atoms with Crippen LogP contribution in [-0.4, -0.2) is 58.7 Å². The minimum Gasteiger partial charge on any atom is -0.472 e. The molecule has 5 aliphatic rings. The predicted octanol–water partition coefficient (Wildman–Crippen LogP) is 5.12. The van der Waals surface area contributed by atoms with Gasteiger partial charge in [-0.2, -0.15) is 0 Å². The molecule has 1 aliphatic heterocycles. The number of likely N-dealkylation sites (tertiary alicyclic amines) is 1. The van der Waals surface area contributed by atoms with Gasteiger partial charge in [0, 0.05) is 18.4 Å². The van der Waals surface area contributed by atoms with Gasteiger partial charge in [0.05, 0.1) is 36.4 Å². The lowest BCUT2D eigenvalue weighted by atomic mass is 9.42. The quantitative estimate of drug-likeness (QED) is 0.624. The van der Waals surface area contributed by atoms with Crippen LogP contribution in [-0.2, 0) is 4.74 Å². The topological polar surface area (TPSA) is 66.1 Å². The second-order valence-electron chi connectivity index (χ2n) is 13.0. The van der Waals surface area contributed by atoms with Crippen LogP contribution in [0.15, 0.2) is 23.0 Å². The fraction of sp³-hybridized carbons (Fsp3) is 0.862. The summed E-state index contributed by atoms with van der Waals surface area (Å²) in [6, 6.07) is 2.10. The Morgan fingerprint density at radius 3 is 2.50 bits per heavy atom. The van der Waals surface area contributed by atoms with Crippen LogP contribution in [0.5, 0.6) is 0 Å². The Morgan fingerprint density at radius 2 is 1.74 bits per heavy atom. The third-order valence-electron chi connectivity index (χ3n) is 11.9. The highest BCUT2D eigenvalue weighted by Crippen LogP contribution is 2.71. The summed E-state index contributed by atoms with van der Waals surface area (Å²) in [5.74, 6) is 1.03. The number of nitrogens with zero attached hydrogens (tertiary/aromatic N) is 1. The molecule has 2 heterocycles. The Labute approximate surface area is 205 Å². The van der Waals surface area contributed by atoms with Crippen molar-refractivity contribution in [1.82, 2.24) is 4.90 Å². The first-order chi connectivity index (χ1) is 16.3. The van der Waals surface area contributed by atoms with Crippen LogP contribution in [0.25, 0.3) is 0 Å². The number of fused-ring (bicyclic) bond motifs is 5. The molecule has 3 unspecified atom stereocenters. The van der Waals surface area contributed by atoms with E-state index < -0.39 is 11.2 Å². The number of aliphatic hydroxyl groups is 2. The Bertz CT molecular complexity index is 867. The molecule has 0 radical (unpaired) electrons. The number of hydrogen-bond donors (Lipinski definition) is 2. The lowest BCUT2D eigenvalue weighted by Crippen LogP contribution is -2.67. The van der Waals surface area contributed by atoms with Crippen molar-refractivity contribution in [3.05, 3.63) is 24.2 Å². The Morgan fingerprint density at radius 1 is 0.971 bits per heavy atom. The van der Waals surface area contributed by atoms with Gasteiger partial charge >= 0.3 is 0 Å². The van der Waals surface area contributed by atoms with Crippen molar-refractivity contribution in [3.8, 4) is 0 Å². The molecule has 1 aromatic heterocycles. The SMILES string of the molecule is C[C@]12CCC(OCCN3CCCC3)CC1(O)CC[C@@H]1[C@H]2CC[C@]2(C)C(c3ccoc3)CC[C@@]12O. The molecular formula is C29H45NO4. The molecule has 5 fully saturated rings. The van der Waals surface area contributed by atoms with Crippen molar-refractivity contribution in [2.45, 2.75) is 108 Å². The van der Waals surface area contributed by atoms with Crippen molar-refractivity contribution in [2.75, 3.05) is 26.2 Å². The van der Waals surface area contributed by atoms with E-state index in [0.29, 0.717) is 11.8 Å². The minimum absolute atomic E-state index is 0.111. The fourth-order valence-electron chi connectivity index (χ4n) is 9.68. The average Bonchev–Trinajstić information content (AvgIpc) is 3.56. The highest BCUT2D eigenvalue weighted by Gasteiger charge is 2.70. The third kappa shape index (κ3) is 3.33. The number of hydrogen-bond acceptors (Lipinski definition) is 5. The zero-order valence-electron chi connectivity index (χ0n) is 21.3. The van der Waals surface area contributed by atoms with Crippen LogP contribution in [0.2, 0.25) is 0 Å². The molecule has 0 bridgehead atoms. The summed E-state index contributed by atoms with van der Waals surface area (Å²) in [6.45, 7) is 8.92. The first-order valence-electron chi connectivity index (χ1n) is 14.1. The molecule has 0 spiro atoms. The second-order valence-corrected chi connectivity index (χ2v) is 13.0. The minimum atomic E-state index is -0.669. The molecule has 34 heavy (non-hydrogen) atoms. The molecule has 4 aliphatic carbocycles. The molecule has 6 rings (SSSR count). The molecule has 0 aromatic carbocycles. The standard InChI is InChI=1S/C29H45NO4/c1-26-10-5-22(34-18-16-30-14-3-4-15-30)19-28(26,31)12-7-25-24(26)6-11-27(2)23(8-13-29(25,27)32)21-9-17-33-20-21/h9,17,20,22-25,31-32H,3-8,10-16,18-19H2,1-2H3/t22?,23?,24-,25-,26-,27-,28?,29-/m1/s1. The molecule has 1 aromatic rings. The Balaban J connectivity index is 1.17. The van der Waals surface area contributed by atoms with Crippen LogP contribution in [0.1, 0.15) is 96.0 Å². The van der Waals surface area contributed by atoms with Crippen molar-refractivity contribution >= 4 is 0 Å². The van der Waals surface area contributed by atoms with Gasteiger partial charge in [-0.15, -0.1) is 0 Å². The summed E-state index contributed by atoms with van der Waals surface area (Å²) in [7, 11) is 0. The van der Waals surface area contributed by atoms with Gasteiger partial charge in [0.25, 0.3) is 0 Å². The maximum absolute atomic E-state index is 12.4. The Hall–Kier alpha value is -0.880. The normalized spacial score (nSPS) is 48.9. The van der Waals surface area contributed by atoms with E-state index in [-0.39, 0.29) is 22.9 Å². The maximum atomic E-state index is 12.4. The molecule has 190 valence electrons. The number of rotatable bonds is 5. The van der Waals surface area contributed by atoms with E-state index >= 15 is 0 Å². The highest BCUT2D eigenvalue weighted by atomic mass is 16.5. The fourth-order valence-corrected chi connectivity index (χ4v) is 9.68. The summed E-state index contributed by atoms with van der Waals surface area (Å²) in [4.78, 5) is 2.50. The van der Waals surface area contributed by atoms with Crippen LogP contribution in [0, 0.1) is 22.7 Å². The van der Waals surface area contributed by atoms with Crippen LogP contribution >= 0.6 is 0 Å². The average molecular weight is 472 g/mol. The molecular weight excluding hydrogens is 426 g/mol. The van der Waals surface area contributed by atoms with Gasteiger partial charge in [-0.25, -0.2) is 0 Å². The van der Waals surface area contributed by atoms with Crippen molar-refractivity contribution in [3.63, 3.8) is 0 Å². The highest BCUT2D eigenvalue weighted by molar-refractivity contribution is 5.27. The third-order valence-corrected chi connectivity index (χ3v) is 11.9. The smallest absolute Gasteiger partial charge is 0.0937 e. The molecule has 1 saturated heterocycles. The summed E-state index contributed by atoms with van der Waals surface area (Å²) in [5.41, 5.74) is -0.306. The van der Waals surface area contributed by atoms with E-state index in [1.54, 1.807) is 6.26 Å².